The predicted molar refractivity (Wildman–Crippen MR) is 126 cm³/mol. The second-order valence-corrected chi connectivity index (χ2v) is 10.3. The Labute approximate surface area is 191 Å². The monoisotopic (exact) mass is 482 g/mol. The lowest BCUT2D eigenvalue weighted by Gasteiger charge is -2.10. The molecule has 33 heavy (non-hydrogen) atoms. The molecule has 0 atom stereocenters. The summed E-state index contributed by atoms with van der Waals surface area (Å²) in [6.45, 7) is 2.09. The topological polar surface area (TPSA) is 134 Å². The van der Waals surface area contributed by atoms with Gasteiger partial charge in [0.05, 0.1) is 15.1 Å². The van der Waals surface area contributed by atoms with Crippen LogP contribution < -0.4 is 21.2 Å². The normalized spacial score (nSPS) is 12.1. The van der Waals surface area contributed by atoms with Gasteiger partial charge in [-0.15, -0.1) is 0 Å². The molecule has 0 aliphatic heterocycles. The number of hydrogen-bond acceptors (Lipinski definition) is 5. The molecule has 0 radical (unpaired) electrons. The zero-order valence-corrected chi connectivity index (χ0v) is 19.2. The van der Waals surface area contributed by atoms with Crippen LogP contribution in [0.1, 0.15) is 11.3 Å². The van der Waals surface area contributed by atoms with Gasteiger partial charge < -0.3 is 4.57 Å². The molecule has 3 heterocycles. The summed E-state index contributed by atoms with van der Waals surface area (Å²) in [4.78, 5) is 29.3. The fourth-order valence-corrected chi connectivity index (χ4v) is 5.40. The van der Waals surface area contributed by atoms with Crippen molar-refractivity contribution in [3.8, 4) is 5.13 Å². The maximum Gasteiger partial charge on any atom is 0.369 e. The molecular formula is C22H20N5O4S2+. The third-order valence-electron chi connectivity index (χ3n) is 5.63. The number of aromatic nitrogens is 4. The van der Waals surface area contributed by atoms with Crippen LogP contribution >= 0.6 is 11.3 Å². The zero-order valence-electron chi connectivity index (χ0n) is 17.5. The molecule has 0 saturated heterocycles. The van der Waals surface area contributed by atoms with Crippen molar-refractivity contribution in [1.29, 1.82) is 0 Å². The van der Waals surface area contributed by atoms with Crippen molar-refractivity contribution in [3.05, 3.63) is 86.6 Å². The summed E-state index contributed by atoms with van der Waals surface area (Å²) in [5.41, 5.74) is 2.35. The van der Waals surface area contributed by atoms with Crippen molar-refractivity contribution >= 4 is 42.5 Å². The minimum absolute atomic E-state index is 0.0342. The number of rotatable bonds is 5. The summed E-state index contributed by atoms with van der Waals surface area (Å²) in [6, 6.07) is 15.4. The smallest absolute Gasteiger partial charge is 0.312 e. The molecule has 3 aromatic heterocycles. The molecule has 0 spiro atoms. The molecule has 5 aromatic rings. The number of pyridine rings is 1. The summed E-state index contributed by atoms with van der Waals surface area (Å²) < 4.78 is 26.8. The van der Waals surface area contributed by atoms with Crippen molar-refractivity contribution in [2.24, 2.45) is 5.14 Å². The molecule has 4 N–H and O–H groups in total. The van der Waals surface area contributed by atoms with Gasteiger partial charge in [-0.25, -0.2) is 28.4 Å². The molecule has 0 aliphatic rings. The molecule has 9 nitrogen and oxygen atoms in total. The van der Waals surface area contributed by atoms with Crippen molar-refractivity contribution in [1.82, 2.24) is 14.3 Å². The molecule has 168 valence electrons. The Hall–Kier alpha value is -3.54. The van der Waals surface area contributed by atoms with Crippen LogP contribution in [0.15, 0.2) is 69.1 Å². The highest BCUT2D eigenvalue weighted by Crippen LogP contribution is 2.21. The Morgan fingerprint density at radius 2 is 1.82 bits per heavy atom. The van der Waals surface area contributed by atoms with Gasteiger partial charge in [-0.05, 0) is 54.5 Å². The number of nitrogens with zero attached hydrogens (tertiary/aromatic N) is 2. The van der Waals surface area contributed by atoms with Crippen LogP contribution in [0.2, 0.25) is 0 Å². The van der Waals surface area contributed by atoms with E-state index in [1.165, 1.54) is 34.2 Å². The van der Waals surface area contributed by atoms with Crippen molar-refractivity contribution in [2.75, 3.05) is 0 Å². The predicted octanol–water partition coefficient (Wildman–Crippen LogP) is 1.71. The minimum atomic E-state index is -3.76. The van der Waals surface area contributed by atoms with E-state index in [1.807, 2.05) is 24.3 Å². The van der Waals surface area contributed by atoms with Crippen LogP contribution in [-0.2, 0) is 23.0 Å². The number of thiazole rings is 1. The fourth-order valence-electron chi connectivity index (χ4n) is 3.92. The summed E-state index contributed by atoms with van der Waals surface area (Å²) in [6.07, 6.45) is 0.486. The van der Waals surface area contributed by atoms with Crippen LogP contribution in [0, 0.1) is 6.92 Å². The number of benzene rings is 2. The first-order valence-corrected chi connectivity index (χ1v) is 12.5. The van der Waals surface area contributed by atoms with E-state index in [-0.39, 0.29) is 16.0 Å². The molecule has 2 aromatic carbocycles. The van der Waals surface area contributed by atoms with Gasteiger partial charge in [0.15, 0.2) is 0 Å². The van der Waals surface area contributed by atoms with Crippen molar-refractivity contribution < 1.29 is 13.4 Å². The average molecular weight is 483 g/mol. The molecular weight excluding hydrogens is 462 g/mol. The number of sulfonamides is 1. The van der Waals surface area contributed by atoms with E-state index in [1.54, 1.807) is 23.6 Å². The number of para-hydroxylation sites is 1. The van der Waals surface area contributed by atoms with Gasteiger partial charge in [-0.2, -0.15) is 0 Å². The zero-order chi connectivity index (χ0) is 23.3. The Morgan fingerprint density at radius 3 is 2.52 bits per heavy atom. The Morgan fingerprint density at radius 1 is 1.09 bits per heavy atom. The molecule has 0 aliphatic carbocycles. The number of aryl methyl sites for hydroxylation is 2. The van der Waals surface area contributed by atoms with E-state index in [2.05, 4.69) is 10.1 Å². The first kappa shape index (κ1) is 21.3. The second kappa shape index (κ2) is 7.80. The summed E-state index contributed by atoms with van der Waals surface area (Å²) >= 11 is 1.44. The van der Waals surface area contributed by atoms with E-state index in [0.717, 1.165) is 15.8 Å². The first-order valence-electron chi connectivity index (χ1n) is 10.1. The van der Waals surface area contributed by atoms with Gasteiger partial charge in [0.25, 0.3) is 5.56 Å². The Bertz CT molecular complexity index is 1710. The highest BCUT2D eigenvalue weighted by atomic mass is 32.2. The van der Waals surface area contributed by atoms with Crippen LogP contribution in [0.4, 0.5) is 0 Å². The third-order valence-corrected chi connectivity index (χ3v) is 7.62. The Kier molecular flexibility index (Phi) is 5.04. The largest absolute Gasteiger partial charge is 0.369 e. The first-order chi connectivity index (χ1) is 15.7. The third kappa shape index (κ3) is 3.80. The number of H-pyrrole nitrogens is 2. The number of hydrogen-bond donors (Lipinski definition) is 2. The van der Waals surface area contributed by atoms with Gasteiger partial charge >= 0.3 is 10.7 Å². The van der Waals surface area contributed by atoms with Crippen LogP contribution in [-0.4, -0.2) is 22.8 Å². The van der Waals surface area contributed by atoms with E-state index in [0.29, 0.717) is 34.7 Å². The average Bonchev–Trinajstić information content (AvgIpc) is 3.34. The van der Waals surface area contributed by atoms with E-state index in [9.17, 15) is 18.0 Å². The van der Waals surface area contributed by atoms with Gasteiger partial charge in [0, 0.05) is 18.3 Å². The SMILES string of the molecule is Cc1c2c(=O)n(-c3[nH+]c4ccccc4s3)[nH]c2cc(=O)n1CCc1ccc(S(N)(=O)=O)cc1. The lowest BCUT2D eigenvalue weighted by Crippen LogP contribution is -2.24. The number of aromatic amines is 2. The standard InChI is InChI=1S/C22H19N5O4S2/c1-13-20-17(25-27(21(20)29)22-24-16-4-2-3-5-18(16)32-22)12-19(28)26(13)11-10-14-6-8-15(9-7-14)33(23,30)31/h2-9,12,25H,10-11H2,1H3,(H2,23,30,31)/p+1. The fraction of sp³-hybridized carbons (Fsp3) is 0.136. The molecule has 0 unspecified atom stereocenters. The number of nitrogens with one attached hydrogen (secondary N) is 2. The molecule has 0 bridgehead atoms. The lowest BCUT2D eigenvalue weighted by atomic mass is 10.1. The van der Waals surface area contributed by atoms with Gasteiger partial charge in [0.1, 0.15) is 10.9 Å². The number of nitrogens with two attached hydrogens (primary N) is 1. The van der Waals surface area contributed by atoms with Gasteiger partial charge in [-0.3, -0.25) is 4.79 Å². The van der Waals surface area contributed by atoms with Crippen molar-refractivity contribution in [2.45, 2.75) is 24.8 Å². The summed E-state index contributed by atoms with van der Waals surface area (Å²) in [7, 11) is -3.76. The lowest BCUT2D eigenvalue weighted by molar-refractivity contribution is -0.334. The number of primary sulfonamides is 1. The minimum Gasteiger partial charge on any atom is -0.312 e. The highest BCUT2D eigenvalue weighted by Gasteiger charge is 2.22. The maximum absolute atomic E-state index is 13.2. The highest BCUT2D eigenvalue weighted by molar-refractivity contribution is 7.89. The summed E-state index contributed by atoms with van der Waals surface area (Å²) in [5.74, 6) is 0. The maximum atomic E-state index is 13.2. The summed E-state index contributed by atoms with van der Waals surface area (Å²) in [5, 5.41) is 9.26. The molecule has 11 heteroatoms. The van der Waals surface area contributed by atoms with Crippen LogP contribution in [0.25, 0.3) is 26.3 Å². The number of fused-ring (bicyclic) bond motifs is 2. The second-order valence-electron chi connectivity index (χ2n) is 7.73. The van der Waals surface area contributed by atoms with E-state index >= 15 is 0 Å². The van der Waals surface area contributed by atoms with Gasteiger partial charge in [0.2, 0.25) is 10.0 Å². The van der Waals surface area contributed by atoms with E-state index in [4.69, 9.17) is 5.14 Å². The molecule has 0 amide bonds. The van der Waals surface area contributed by atoms with Crippen LogP contribution in [0.3, 0.4) is 0 Å². The van der Waals surface area contributed by atoms with Crippen LogP contribution in [0.5, 0.6) is 0 Å². The van der Waals surface area contributed by atoms with Crippen molar-refractivity contribution in [3.63, 3.8) is 0 Å². The Balaban J connectivity index is 1.51. The molecule has 0 fully saturated rings. The molecule has 0 saturated carbocycles. The van der Waals surface area contributed by atoms with E-state index < -0.39 is 10.0 Å². The molecule has 5 rings (SSSR count). The van der Waals surface area contributed by atoms with Gasteiger partial charge in [-0.1, -0.05) is 28.9 Å². The quantitative estimate of drug-likeness (QED) is 0.394.